The van der Waals surface area contributed by atoms with Gasteiger partial charge in [0.2, 0.25) is 0 Å². The number of hydrogen-bond donors (Lipinski definition) is 2. The number of hydrogen-bond acceptors (Lipinski definition) is 5. The smallest absolute Gasteiger partial charge is 0.271 e. The number of thiophene rings is 1. The van der Waals surface area contributed by atoms with Crippen LogP contribution in [0.4, 0.5) is 0 Å². The molecule has 0 aliphatic carbocycles. The third kappa shape index (κ3) is 3.73. The Morgan fingerprint density at radius 3 is 2.92 bits per heavy atom. The van der Waals surface area contributed by atoms with Crippen LogP contribution in [-0.2, 0) is 0 Å². The molecule has 136 valence electrons. The fraction of sp³-hybridized carbons (Fsp3) is 0.368. The molecule has 0 bridgehead atoms. The molecule has 4 rings (SSSR count). The minimum absolute atomic E-state index is 0.0601. The maximum absolute atomic E-state index is 12.5. The molecule has 1 fully saturated rings. The van der Waals surface area contributed by atoms with Gasteiger partial charge in [0.1, 0.15) is 5.76 Å². The van der Waals surface area contributed by atoms with Crippen molar-refractivity contribution in [3.05, 3.63) is 53.4 Å². The summed E-state index contributed by atoms with van der Waals surface area (Å²) in [6.07, 6.45) is 5.34. The maximum Gasteiger partial charge on any atom is 0.271 e. The number of nitrogens with one attached hydrogen (secondary N) is 2. The molecule has 0 spiro atoms. The van der Waals surface area contributed by atoms with Gasteiger partial charge >= 0.3 is 0 Å². The summed E-state index contributed by atoms with van der Waals surface area (Å²) in [6.45, 7) is 2.58. The molecule has 1 aliphatic heterocycles. The van der Waals surface area contributed by atoms with Crippen LogP contribution in [0, 0.1) is 0 Å². The van der Waals surface area contributed by atoms with E-state index >= 15 is 0 Å². The van der Waals surface area contributed by atoms with Gasteiger partial charge in [-0.3, -0.25) is 14.8 Å². The average Bonchev–Trinajstić information content (AvgIpc) is 3.43. The van der Waals surface area contributed by atoms with E-state index in [-0.39, 0.29) is 11.9 Å². The SMILES string of the molecule is O=C(NCC(c1ccco1)N1CCCCC1)c1cc(-c2cccs2)[nH]n1. The van der Waals surface area contributed by atoms with E-state index in [9.17, 15) is 4.79 Å². The third-order valence-electron chi connectivity index (χ3n) is 4.76. The van der Waals surface area contributed by atoms with E-state index in [2.05, 4.69) is 20.4 Å². The Bertz CT molecular complexity index is 820. The number of aromatic amines is 1. The van der Waals surface area contributed by atoms with Gasteiger partial charge in [0, 0.05) is 6.54 Å². The minimum Gasteiger partial charge on any atom is -0.468 e. The molecule has 3 aromatic rings. The summed E-state index contributed by atoms with van der Waals surface area (Å²) in [7, 11) is 0. The maximum atomic E-state index is 12.5. The van der Waals surface area contributed by atoms with Crippen molar-refractivity contribution in [2.45, 2.75) is 25.3 Å². The molecule has 1 saturated heterocycles. The van der Waals surface area contributed by atoms with E-state index in [1.807, 2.05) is 29.6 Å². The number of H-pyrrole nitrogens is 1. The average molecular weight is 370 g/mol. The van der Waals surface area contributed by atoms with E-state index < -0.39 is 0 Å². The van der Waals surface area contributed by atoms with Gasteiger partial charge in [-0.05, 0) is 55.6 Å². The van der Waals surface area contributed by atoms with Crippen molar-refractivity contribution in [1.82, 2.24) is 20.4 Å². The van der Waals surface area contributed by atoms with Crippen LogP contribution in [0.3, 0.4) is 0 Å². The fourth-order valence-electron chi connectivity index (χ4n) is 3.40. The Balaban J connectivity index is 1.43. The Labute approximate surface area is 156 Å². The lowest BCUT2D eigenvalue weighted by molar-refractivity contribution is 0.0909. The Kier molecular flexibility index (Phi) is 5.17. The van der Waals surface area contributed by atoms with E-state index in [1.54, 1.807) is 23.7 Å². The number of nitrogens with zero attached hydrogens (tertiary/aromatic N) is 2. The fourth-order valence-corrected chi connectivity index (χ4v) is 4.09. The summed E-state index contributed by atoms with van der Waals surface area (Å²) >= 11 is 1.61. The lowest BCUT2D eigenvalue weighted by atomic mass is 10.1. The van der Waals surface area contributed by atoms with Gasteiger partial charge < -0.3 is 9.73 Å². The highest BCUT2D eigenvalue weighted by atomic mass is 32.1. The molecule has 1 unspecified atom stereocenters. The summed E-state index contributed by atoms with van der Waals surface area (Å²) in [5, 5.41) is 12.1. The van der Waals surface area contributed by atoms with Crippen molar-refractivity contribution < 1.29 is 9.21 Å². The summed E-state index contributed by atoms with van der Waals surface area (Å²) in [4.78, 5) is 16.0. The van der Waals surface area contributed by atoms with Crippen molar-refractivity contribution in [3.8, 4) is 10.6 Å². The van der Waals surface area contributed by atoms with Crippen LogP contribution in [0.2, 0.25) is 0 Å². The van der Waals surface area contributed by atoms with Gasteiger partial charge in [-0.2, -0.15) is 5.10 Å². The second-order valence-corrected chi connectivity index (χ2v) is 7.43. The topological polar surface area (TPSA) is 74.2 Å². The normalized spacial score (nSPS) is 16.5. The van der Waals surface area contributed by atoms with Gasteiger partial charge in [0.15, 0.2) is 5.69 Å². The zero-order valence-electron chi connectivity index (χ0n) is 14.5. The van der Waals surface area contributed by atoms with E-state index in [1.165, 1.54) is 19.3 Å². The molecule has 4 heterocycles. The minimum atomic E-state index is -0.169. The highest BCUT2D eigenvalue weighted by molar-refractivity contribution is 7.13. The van der Waals surface area contributed by atoms with Crippen LogP contribution in [0.25, 0.3) is 10.6 Å². The number of piperidine rings is 1. The molecular weight excluding hydrogens is 348 g/mol. The van der Waals surface area contributed by atoms with E-state index in [4.69, 9.17) is 4.42 Å². The summed E-state index contributed by atoms with van der Waals surface area (Å²) in [5.41, 5.74) is 1.27. The molecule has 1 amide bonds. The Morgan fingerprint density at radius 1 is 1.31 bits per heavy atom. The highest BCUT2D eigenvalue weighted by Gasteiger charge is 2.25. The molecule has 1 aliphatic rings. The van der Waals surface area contributed by atoms with Crippen LogP contribution in [0.5, 0.6) is 0 Å². The molecule has 0 saturated carbocycles. The number of carbonyl (C=O) groups is 1. The number of aromatic nitrogens is 2. The number of furan rings is 1. The molecule has 6 nitrogen and oxygen atoms in total. The molecular formula is C19H22N4O2S. The molecule has 26 heavy (non-hydrogen) atoms. The molecule has 3 aromatic heterocycles. The Hall–Kier alpha value is -2.38. The zero-order chi connectivity index (χ0) is 17.8. The van der Waals surface area contributed by atoms with Crippen LogP contribution < -0.4 is 5.32 Å². The first-order chi connectivity index (χ1) is 12.8. The lowest BCUT2D eigenvalue weighted by Gasteiger charge is -2.33. The van der Waals surface area contributed by atoms with Gasteiger partial charge in [-0.15, -0.1) is 11.3 Å². The molecule has 2 N–H and O–H groups in total. The van der Waals surface area contributed by atoms with Crippen LogP contribution >= 0.6 is 11.3 Å². The predicted octanol–water partition coefficient (Wildman–Crippen LogP) is 3.69. The largest absolute Gasteiger partial charge is 0.468 e. The number of likely N-dealkylation sites (tertiary alicyclic amines) is 1. The summed E-state index contributed by atoms with van der Waals surface area (Å²) in [6, 6.07) is 9.72. The van der Waals surface area contributed by atoms with Crippen molar-refractivity contribution in [2.24, 2.45) is 0 Å². The van der Waals surface area contributed by atoms with Gasteiger partial charge in [0.25, 0.3) is 5.91 Å². The number of amides is 1. The molecule has 7 heteroatoms. The van der Waals surface area contributed by atoms with Crippen molar-refractivity contribution in [1.29, 1.82) is 0 Å². The third-order valence-corrected chi connectivity index (χ3v) is 5.66. The van der Waals surface area contributed by atoms with Crippen LogP contribution in [-0.4, -0.2) is 40.6 Å². The summed E-state index contributed by atoms with van der Waals surface area (Å²) < 4.78 is 5.63. The molecule has 0 radical (unpaired) electrons. The van der Waals surface area contributed by atoms with Gasteiger partial charge in [-0.1, -0.05) is 12.5 Å². The standard InChI is InChI=1S/C19H22N4O2S/c24-19(15-12-14(21-22-15)18-7-5-11-26-18)20-13-16(17-6-4-10-25-17)23-8-2-1-3-9-23/h4-7,10-12,16H,1-3,8-9,13H2,(H,20,24)(H,21,22). The monoisotopic (exact) mass is 370 g/mol. The number of rotatable bonds is 6. The van der Waals surface area contributed by atoms with E-state index in [0.29, 0.717) is 12.2 Å². The van der Waals surface area contributed by atoms with Gasteiger partial charge in [-0.25, -0.2) is 0 Å². The second kappa shape index (κ2) is 7.88. The first-order valence-electron chi connectivity index (χ1n) is 8.96. The summed E-state index contributed by atoms with van der Waals surface area (Å²) in [5.74, 6) is 0.728. The van der Waals surface area contributed by atoms with Crippen LogP contribution in [0.1, 0.15) is 41.6 Å². The first-order valence-corrected chi connectivity index (χ1v) is 9.84. The van der Waals surface area contributed by atoms with Crippen molar-refractivity contribution in [3.63, 3.8) is 0 Å². The number of carbonyl (C=O) groups excluding carboxylic acids is 1. The quantitative estimate of drug-likeness (QED) is 0.694. The Morgan fingerprint density at radius 2 is 2.19 bits per heavy atom. The second-order valence-electron chi connectivity index (χ2n) is 6.48. The molecule has 1 atom stereocenters. The lowest BCUT2D eigenvalue weighted by Crippen LogP contribution is -2.40. The predicted molar refractivity (Wildman–Crippen MR) is 101 cm³/mol. The first kappa shape index (κ1) is 17.1. The zero-order valence-corrected chi connectivity index (χ0v) is 15.3. The highest BCUT2D eigenvalue weighted by Crippen LogP contribution is 2.25. The van der Waals surface area contributed by atoms with Crippen molar-refractivity contribution in [2.75, 3.05) is 19.6 Å². The van der Waals surface area contributed by atoms with E-state index in [0.717, 1.165) is 29.4 Å². The van der Waals surface area contributed by atoms with Gasteiger partial charge in [0.05, 0.1) is 22.9 Å². The van der Waals surface area contributed by atoms with Crippen molar-refractivity contribution >= 4 is 17.2 Å². The molecule has 0 aromatic carbocycles. The van der Waals surface area contributed by atoms with Crippen LogP contribution in [0.15, 0.2) is 46.4 Å².